The first kappa shape index (κ1) is 28.4. The highest BCUT2D eigenvalue weighted by Crippen LogP contribution is 2.54. The lowest BCUT2D eigenvalue weighted by atomic mass is 9.67. The Balaban J connectivity index is 1.65. The maximum atomic E-state index is 14.5. The smallest absolute Gasteiger partial charge is 0.304 e. The number of piperidine rings is 1. The molecule has 2 aromatic rings. The van der Waals surface area contributed by atoms with Crippen LogP contribution in [0.25, 0.3) is 0 Å². The van der Waals surface area contributed by atoms with Gasteiger partial charge in [0.05, 0.1) is 23.1 Å². The maximum absolute atomic E-state index is 14.5. The summed E-state index contributed by atoms with van der Waals surface area (Å²) in [5, 5.41) is 10.6. The molecular formula is C29H34Cl2N2O5S. The van der Waals surface area contributed by atoms with Crippen molar-refractivity contribution >= 4 is 45.1 Å². The molecule has 2 aromatic carbocycles. The van der Waals surface area contributed by atoms with E-state index in [1.807, 2.05) is 35.2 Å². The zero-order valence-corrected chi connectivity index (χ0v) is 24.4. The van der Waals surface area contributed by atoms with Gasteiger partial charge in [0.1, 0.15) is 0 Å². The van der Waals surface area contributed by atoms with Crippen molar-refractivity contribution in [2.75, 3.05) is 13.6 Å². The van der Waals surface area contributed by atoms with Gasteiger partial charge in [0.2, 0.25) is 15.9 Å². The third-order valence-corrected chi connectivity index (χ3v) is 11.3. The zero-order chi connectivity index (χ0) is 28.1. The van der Waals surface area contributed by atoms with E-state index in [0.29, 0.717) is 29.3 Å². The van der Waals surface area contributed by atoms with E-state index in [2.05, 4.69) is 0 Å². The predicted octanol–water partition coefficient (Wildman–Crippen LogP) is 5.73. The van der Waals surface area contributed by atoms with Crippen LogP contribution in [0.5, 0.6) is 0 Å². The van der Waals surface area contributed by atoms with Crippen LogP contribution in [-0.4, -0.2) is 59.5 Å². The number of likely N-dealkylation sites (N-methyl/N-ethyl adjacent to an activating group) is 1. The molecule has 5 rings (SSSR count). The second kappa shape index (κ2) is 10.7. The normalized spacial score (nSPS) is 26.6. The van der Waals surface area contributed by atoms with Crippen molar-refractivity contribution in [2.24, 2.45) is 11.3 Å². The van der Waals surface area contributed by atoms with Gasteiger partial charge >= 0.3 is 5.97 Å². The summed E-state index contributed by atoms with van der Waals surface area (Å²) >= 11 is 12.6. The average Bonchev–Trinajstić information content (AvgIpc) is 3.77. The van der Waals surface area contributed by atoms with Crippen molar-refractivity contribution in [1.82, 2.24) is 9.21 Å². The number of carboxylic acid groups (broad SMARTS) is 1. The van der Waals surface area contributed by atoms with Gasteiger partial charge in [0, 0.05) is 35.6 Å². The van der Waals surface area contributed by atoms with E-state index in [1.165, 1.54) is 4.31 Å². The lowest BCUT2D eigenvalue weighted by molar-refractivity contribution is -0.161. The first-order valence-corrected chi connectivity index (χ1v) is 15.7. The molecule has 2 aliphatic carbocycles. The van der Waals surface area contributed by atoms with Crippen molar-refractivity contribution < 1.29 is 23.1 Å². The van der Waals surface area contributed by atoms with Crippen molar-refractivity contribution in [3.63, 3.8) is 0 Å². The van der Waals surface area contributed by atoms with E-state index in [9.17, 15) is 23.1 Å². The molecule has 210 valence electrons. The van der Waals surface area contributed by atoms with Crippen LogP contribution >= 0.6 is 23.2 Å². The summed E-state index contributed by atoms with van der Waals surface area (Å²) in [4.78, 5) is 28.3. The third-order valence-electron chi connectivity index (χ3n) is 8.48. The van der Waals surface area contributed by atoms with E-state index in [4.69, 9.17) is 23.2 Å². The molecule has 0 aromatic heterocycles. The number of amides is 1. The maximum Gasteiger partial charge on any atom is 0.304 e. The predicted molar refractivity (Wildman–Crippen MR) is 151 cm³/mol. The van der Waals surface area contributed by atoms with Gasteiger partial charge in [-0.1, -0.05) is 54.4 Å². The quantitative estimate of drug-likeness (QED) is 0.380. The number of halogens is 2. The lowest BCUT2D eigenvalue weighted by Gasteiger charge is -2.52. The van der Waals surface area contributed by atoms with E-state index >= 15 is 0 Å². The molecule has 10 heteroatoms. The van der Waals surface area contributed by atoms with Crippen LogP contribution in [0.3, 0.4) is 0 Å². The van der Waals surface area contributed by atoms with Crippen molar-refractivity contribution in [3.05, 3.63) is 69.7 Å². The number of hydrogen-bond donors (Lipinski definition) is 1. The van der Waals surface area contributed by atoms with Gasteiger partial charge in [-0.15, -0.1) is 0 Å². The van der Waals surface area contributed by atoms with Gasteiger partial charge in [-0.3, -0.25) is 9.59 Å². The SMILES string of the molecule is CN(CC(C1CC1)N1C(=O)[C@@](C)(CC(=O)O)C[C@H](c2cccc(Cl)c2)C1c1ccc(Cl)cc1)S(=O)(=O)C1CC1. The summed E-state index contributed by atoms with van der Waals surface area (Å²) in [7, 11) is -1.87. The summed E-state index contributed by atoms with van der Waals surface area (Å²) in [5.74, 6) is -1.43. The van der Waals surface area contributed by atoms with Crippen molar-refractivity contribution in [3.8, 4) is 0 Å². The summed E-state index contributed by atoms with van der Waals surface area (Å²) in [6, 6.07) is 14.0. The lowest BCUT2D eigenvalue weighted by Crippen LogP contribution is -2.59. The Morgan fingerprint density at radius 3 is 2.31 bits per heavy atom. The summed E-state index contributed by atoms with van der Waals surface area (Å²) in [6.07, 6.45) is 3.08. The second-order valence-electron chi connectivity index (χ2n) is 11.6. The minimum atomic E-state index is -3.46. The highest BCUT2D eigenvalue weighted by Gasteiger charge is 2.55. The largest absolute Gasteiger partial charge is 0.481 e. The summed E-state index contributed by atoms with van der Waals surface area (Å²) in [6.45, 7) is 1.89. The van der Waals surface area contributed by atoms with E-state index in [1.54, 1.807) is 32.2 Å². The minimum Gasteiger partial charge on any atom is -0.481 e. The molecule has 1 saturated heterocycles. The average molecular weight is 594 g/mol. The van der Waals surface area contributed by atoms with Gasteiger partial charge in [0.25, 0.3) is 0 Å². The minimum absolute atomic E-state index is 0.132. The van der Waals surface area contributed by atoms with Crippen LogP contribution < -0.4 is 0 Å². The Morgan fingerprint density at radius 2 is 1.74 bits per heavy atom. The molecule has 1 amide bonds. The van der Waals surface area contributed by atoms with Gasteiger partial charge < -0.3 is 10.0 Å². The molecule has 1 aliphatic heterocycles. The van der Waals surface area contributed by atoms with Crippen LogP contribution in [0, 0.1) is 11.3 Å². The fraction of sp³-hybridized carbons (Fsp3) is 0.517. The Bertz CT molecular complexity index is 1360. The monoisotopic (exact) mass is 592 g/mol. The van der Waals surface area contributed by atoms with Crippen molar-refractivity contribution in [1.29, 1.82) is 0 Å². The molecule has 2 unspecified atom stereocenters. The molecule has 3 aliphatic rings. The number of carbonyl (C=O) groups is 2. The van der Waals surface area contributed by atoms with Gasteiger partial charge in [-0.25, -0.2) is 12.7 Å². The molecule has 0 spiro atoms. The van der Waals surface area contributed by atoms with E-state index in [0.717, 1.165) is 24.0 Å². The van der Waals surface area contributed by atoms with Crippen LogP contribution in [-0.2, 0) is 19.6 Å². The molecule has 1 N–H and O–H groups in total. The highest BCUT2D eigenvalue weighted by molar-refractivity contribution is 7.90. The van der Waals surface area contributed by atoms with Crippen LogP contribution in [0.1, 0.15) is 68.5 Å². The topological polar surface area (TPSA) is 95.0 Å². The van der Waals surface area contributed by atoms with Gasteiger partial charge in [-0.05, 0) is 73.4 Å². The summed E-state index contributed by atoms with van der Waals surface area (Å²) < 4.78 is 27.7. The first-order chi connectivity index (χ1) is 18.4. The number of likely N-dealkylation sites (tertiary alicyclic amines) is 1. The number of sulfonamides is 1. The second-order valence-corrected chi connectivity index (χ2v) is 14.8. The van der Waals surface area contributed by atoms with Gasteiger partial charge in [-0.2, -0.15) is 0 Å². The number of hydrogen-bond acceptors (Lipinski definition) is 4. The van der Waals surface area contributed by atoms with Crippen LogP contribution in [0.2, 0.25) is 10.0 Å². The molecule has 3 fully saturated rings. The molecule has 0 bridgehead atoms. The Morgan fingerprint density at radius 1 is 1.08 bits per heavy atom. The third kappa shape index (κ3) is 5.85. The number of carbonyl (C=O) groups excluding carboxylic acids is 1. The molecule has 39 heavy (non-hydrogen) atoms. The fourth-order valence-corrected chi connectivity index (χ4v) is 8.10. The number of benzene rings is 2. The number of rotatable bonds is 10. The zero-order valence-electron chi connectivity index (χ0n) is 22.1. The Kier molecular flexibility index (Phi) is 7.79. The van der Waals surface area contributed by atoms with E-state index < -0.39 is 33.5 Å². The summed E-state index contributed by atoms with van der Waals surface area (Å²) in [5.41, 5.74) is 0.599. The Labute approximate surface area is 240 Å². The number of aliphatic carboxylic acids is 1. The van der Waals surface area contributed by atoms with Crippen LogP contribution in [0.15, 0.2) is 48.5 Å². The molecule has 4 atom stereocenters. The highest BCUT2D eigenvalue weighted by atomic mass is 35.5. The molecule has 0 radical (unpaired) electrons. The van der Waals surface area contributed by atoms with Crippen molar-refractivity contribution in [2.45, 2.75) is 68.7 Å². The van der Waals surface area contributed by atoms with E-state index in [-0.39, 0.29) is 36.0 Å². The Hall–Kier alpha value is -2.13. The standard InChI is InChI=1S/C29H34Cl2N2O5S/c1-29(16-26(34)35)15-24(20-4-3-5-22(31)14-20)27(19-8-10-21(30)11-9-19)33(28(29)36)25(18-6-7-18)17-32(2)39(37,38)23-12-13-23/h3-5,8-11,14,18,23-25,27H,6-7,12-13,15-17H2,1-2H3,(H,34,35)/t24-,25?,27?,29-/m1/s1. The number of carboxylic acids is 1. The molecule has 2 saturated carbocycles. The number of nitrogens with zero attached hydrogens (tertiary/aromatic N) is 2. The fourth-order valence-electron chi connectivity index (χ4n) is 6.18. The molecule has 7 nitrogen and oxygen atoms in total. The van der Waals surface area contributed by atoms with Crippen LogP contribution in [0.4, 0.5) is 0 Å². The molecular weight excluding hydrogens is 559 g/mol. The molecule has 1 heterocycles. The first-order valence-electron chi connectivity index (χ1n) is 13.4. The van der Waals surface area contributed by atoms with Gasteiger partial charge in [0.15, 0.2) is 0 Å².